The van der Waals surface area contributed by atoms with E-state index in [1.807, 2.05) is 17.7 Å². The van der Waals surface area contributed by atoms with Gasteiger partial charge in [0.15, 0.2) is 5.11 Å². The molecule has 0 aliphatic carbocycles. The summed E-state index contributed by atoms with van der Waals surface area (Å²) in [5.41, 5.74) is 1.30. The predicted molar refractivity (Wildman–Crippen MR) is 74.8 cm³/mol. The van der Waals surface area contributed by atoms with Crippen molar-refractivity contribution in [2.45, 2.75) is 18.9 Å². The van der Waals surface area contributed by atoms with E-state index in [0.717, 1.165) is 24.7 Å². The van der Waals surface area contributed by atoms with Gasteiger partial charge in [0, 0.05) is 44.4 Å². The molecule has 5 heteroatoms. The fraction of sp³-hybridized carbons (Fsp3) is 0.538. The van der Waals surface area contributed by atoms with Crippen LogP contribution in [-0.2, 0) is 6.54 Å². The molecule has 1 saturated heterocycles. The van der Waals surface area contributed by atoms with Crippen molar-refractivity contribution in [1.29, 1.82) is 0 Å². The van der Waals surface area contributed by atoms with Crippen LogP contribution >= 0.6 is 12.2 Å². The van der Waals surface area contributed by atoms with Gasteiger partial charge < -0.3 is 14.8 Å². The standard InChI is InChI=1S/C13H17N3OS/c1-14-13(18)15-6-9-5-10(8-15)11-3-2-4-12(17)16(11)7-9/h2-4,9-10H,5-8H2,1H3,(H,14,18)/t9-,10-/m1/s1. The van der Waals surface area contributed by atoms with Gasteiger partial charge in [0.05, 0.1) is 0 Å². The number of thiocarbonyl (C=S) groups is 1. The van der Waals surface area contributed by atoms with E-state index in [2.05, 4.69) is 16.3 Å². The Kier molecular flexibility index (Phi) is 2.86. The van der Waals surface area contributed by atoms with E-state index in [0.29, 0.717) is 11.8 Å². The molecule has 2 aliphatic heterocycles. The van der Waals surface area contributed by atoms with Crippen molar-refractivity contribution in [2.24, 2.45) is 5.92 Å². The number of pyridine rings is 1. The van der Waals surface area contributed by atoms with Gasteiger partial charge in [-0.15, -0.1) is 0 Å². The van der Waals surface area contributed by atoms with E-state index in [4.69, 9.17) is 12.2 Å². The van der Waals surface area contributed by atoms with E-state index >= 15 is 0 Å². The summed E-state index contributed by atoms with van der Waals surface area (Å²) >= 11 is 5.32. The van der Waals surface area contributed by atoms with Crippen LogP contribution in [0, 0.1) is 5.92 Å². The minimum Gasteiger partial charge on any atom is -0.366 e. The molecule has 0 unspecified atom stereocenters. The molecule has 0 amide bonds. The average Bonchev–Trinajstić information content (AvgIpc) is 2.39. The molecule has 1 N–H and O–H groups in total. The molecule has 2 atom stereocenters. The van der Waals surface area contributed by atoms with Crippen LogP contribution in [0.25, 0.3) is 0 Å². The fourth-order valence-electron chi connectivity index (χ4n) is 3.22. The maximum atomic E-state index is 11.9. The van der Waals surface area contributed by atoms with Crippen molar-refractivity contribution < 1.29 is 0 Å². The highest BCUT2D eigenvalue weighted by atomic mass is 32.1. The highest BCUT2D eigenvalue weighted by molar-refractivity contribution is 7.80. The van der Waals surface area contributed by atoms with Crippen LogP contribution in [0.2, 0.25) is 0 Å². The van der Waals surface area contributed by atoms with Crippen LogP contribution in [0.5, 0.6) is 0 Å². The Morgan fingerprint density at radius 1 is 1.39 bits per heavy atom. The zero-order valence-corrected chi connectivity index (χ0v) is 11.2. The molecule has 2 aliphatic rings. The summed E-state index contributed by atoms with van der Waals surface area (Å²) in [5.74, 6) is 0.959. The number of fused-ring (bicyclic) bond motifs is 4. The monoisotopic (exact) mass is 263 g/mol. The average molecular weight is 263 g/mol. The van der Waals surface area contributed by atoms with Gasteiger partial charge in [-0.3, -0.25) is 4.79 Å². The number of nitrogens with zero attached hydrogens (tertiary/aromatic N) is 2. The summed E-state index contributed by atoms with van der Waals surface area (Å²) in [6.07, 6.45) is 1.17. The normalized spacial score (nSPS) is 25.5. The SMILES string of the molecule is CNC(=S)N1C[C@H]2C[C@H](C1)c1cccc(=O)n1C2. The number of likely N-dealkylation sites (tertiary alicyclic amines) is 1. The fourth-order valence-corrected chi connectivity index (χ4v) is 3.37. The van der Waals surface area contributed by atoms with Crippen LogP contribution < -0.4 is 10.9 Å². The molecular weight excluding hydrogens is 246 g/mol. The lowest BCUT2D eigenvalue weighted by molar-refractivity contribution is 0.178. The first kappa shape index (κ1) is 11.7. The molecule has 18 heavy (non-hydrogen) atoms. The summed E-state index contributed by atoms with van der Waals surface area (Å²) < 4.78 is 1.94. The maximum absolute atomic E-state index is 11.9. The Hall–Kier alpha value is -1.36. The topological polar surface area (TPSA) is 37.3 Å². The van der Waals surface area contributed by atoms with Crippen molar-refractivity contribution in [3.05, 3.63) is 34.2 Å². The van der Waals surface area contributed by atoms with Crippen molar-refractivity contribution in [3.8, 4) is 0 Å². The van der Waals surface area contributed by atoms with Crippen LogP contribution in [0.15, 0.2) is 23.0 Å². The summed E-state index contributed by atoms with van der Waals surface area (Å²) in [4.78, 5) is 14.1. The third kappa shape index (κ3) is 1.82. The van der Waals surface area contributed by atoms with Crippen molar-refractivity contribution >= 4 is 17.3 Å². The molecule has 3 heterocycles. The molecule has 3 rings (SSSR count). The van der Waals surface area contributed by atoms with Crippen molar-refractivity contribution in [2.75, 3.05) is 20.1 Å². The predicted octanol–water partition coefficient (Wildman–Crippen LogP) is 0.772. The van der Waals surface area contributed by atoms with Gasteiger partial charge in [-0.1, -0.05) is 6.07 Å². The van der Waals surface area contributed by atoms with E-state index in [1.54, 1.807) is 6.07 Å². The second-order valence-corrected chi connectivity index (χ2v) is 5.54. The van der Waals surface area contributed by atoms with E-state index in [-0.39, 0.29) is 5.56 Å². The first-order valence-electron chi connectivity index (χ1n) is 6.35. The molecule has 0 radical (unpaired) electrons. The highest BCUT2D eigenvalue weighted by Gasteiger charge is 2.34. The minimum atomic E-state index is 0.131. The largest absolute Gasteiger partial charge is 0.366 e. The zero-order valence-electron chi connectivity index (χ0n) is 10.4. The number of aromatic nitrogens is 1. The van der Waals surface area contributed by atoms with Crippen LogP contribution in [0.3, 0.4) is 0 Å². The molecule has 1 fully saturated rings. The Bertz CT molecular complexity index is 539. The lowest BCUT2D eigenvalue weighted by Crippen LogP contribution is -2.51. The molecular formula is C13H17N3OS. The van der Waals surface area contributed by atoms with Gasteiger partial charge >= 0.3 is 0 Å². The van der Waals surface area contributed by atoms with Gasteiger partial charge in [0.2, 0.25) is 0 Å². The lowest BCUT2D eigenvalue weighted by atomic mass is 9.83. The molecule has 1 aromatic rings. The second kappa shape index (κ2) is 4.39. The Labute approximate surface area is 112 Å². The molecule has 96 valence electrons. The number of hydrogen-bond donors (Lipinski definition) is 1. The Morgan fingerprint density at radius 2 is 2.22 bits per heavy atom. The summed E-state index contributed by atoms with van der Waals surface area (Å²) in [7, 11) is 1.87. The van der Waals surface area contributed by atoms with Crippen molar-refractivity contribution in [3.63, 3.8) is 0 Å². The summed E-state index contributed by atoms with van der Waals surface area (Å²) in [6, 6.07) is 5.60. The van der Waals surface area contributed by atoms with E-state index < -0.39 is 0 Å². The summed E-state index contributed by atoms with van der Waals surface area (Å²) in [6.45, 7) is 2.70. The molecule has 2 bridgehead atoms. The number of hydrogen-bond acceptors (Lipinski definition) is 2. The zero-order chi connectivity index (χ0) is 12.7. The third-order valence-corrected chi connectivity index (χ3v) is 4.44. The van der Waals surface area contributed by atoms with Gasteiger partial charge in [0.25, 0.3) is 5.56 Å². The van der Waals surface area contributed by atoms with E-state index in [9.17, 15) is 4.79 Å². The number of nitrogens with one attached hydrogen (secondary N) is 1. The van der Waals surface area contributed by atoms with Crippen molar-refractivity contribution in [1.82, 2.24) is 14.8 Å². The highest BCUT2D eigenvalue weighted by Crippen LogP contribution is 2.34. The lowest BCUT2D eigenvalue weighted by Gasteiger charge is -2.43. The third-order valence-electron chi connectivity index (χ3n) is 3.98. The minimum absolute atomic E-state index is 0.131. The van der Waals surface area contributed by atoms with E-state index in [1.165, 1.54) is 12.1 Å². The quantitative estimate of drug-likeness (QED) is 0.702. The smallest absolute Gasteiger partial charge is 0.250 e. The Morgan fingerprint density at radius 3 is 3.00 bits per heavy atom. The van der Waals surface area contributed by atoms with Gasteiger partial charge in [-0.25, -0.2) is 0 Å². The summed E-state index contributed by atoms with van der Waals surface area (Å²) in [5, 5.41) is 3.86. The van der Waals surface area contributed by atoms with Gasteiger partial charge in [-0.05, 0) is 30.6 Å². The second-order valence-electron chi connectivity index (χ2n) is 5.16. The van der Waals surface area contributed by atoms with Gasteiger partial charge in [-0.2, -0.15) is 0 Å². The number of piperidine rings is 1. The Balaban J connectivity index is 1.95. The molecule has 0 spiro atoms. The van der Waals surface area contributed by atoms with Crippen LogP contribution in [-0.4, -0.2) is 34.7 Å². The first-order valence-corrected chi connectivity index (χ1v) is 6.76. The number of rotatable bonds is 0. The van der Waals surface area contributed by atoms with Gasteiger partial charge in [0.1, 0.15) is 0 Å². The molecule has 0 aromatic carbocycles. The van der Waals surface area contributed by atoms with Crippen LogP contribution in [0.4, 0.5) is 0 Å². The molecule has 4 nitrogen and oxygen atoms in total. The molecule has 0 saturated carbocycles. The molecule has 1 aromatic heterocycles. The first-order chi connectivity index (χ1) is 8.69. The maximum Gasteiger partial charge on any atom is 0.250 e. The van der Waals surface area contributed by atoms with Crippen LogP contribution in [0.1, 0.15) is 18.0 Å².